The number of hydrogen-bond donors (Lipinski definition) is 1. The molecule has 19 heavy (non-hydrogen) atoms. The molecular weight excluding hydrogens is 240 g/mol. The van der Waals surface area contributed by atoms with E-state index in [-0.39, 0.29) is 24.0 Å². The molecule has 2 heterocycles. The molecule has 2 N–H and O–H groups in total. The van der Waals surface area contributed by atoms with Crippen LogP contribution in [0.5, 0.6) is 0 Å². The summed E-state index contributed by atoms with van der Waals surface area (Å²) in [5.74, 6) is 0.198. The quantitative estimate of drug-likeness (QED) is 0.879. The minimum Gasteiger partial charge on any atom is -0.332 e. The Morgan fingerprint density at radius 3 is 2.47 bits per heavy atom. The molecule has 1 aliphatic rings. The maximum atomic E-state index is 12.2. The molecule has 0 aromatic carbocycles. The van der Waals surface area contributed by atoms with Gasteiger partial charge in [0.15, 0.2) is 0 Å². The van der Waals surface area contributed by atoms with E-state index >= 15 is 0 Å². The molecule has 2 unspecified atom stereocenters. The number of piperidine rings is 1. The smallest absolute Gasteiger partial charge is 0.223 e. The zero-order valence-corrected chi connectivity index (χ0v) is 12.5. The fourth-order valence-corrected chi connectivity index (χ4v) is 3.12. The summed E-state index contributed by atoms with van der Waals surface area (Å²) in [4.78, 5) is 14.2. The van der Waals surface area contributed by atoms with Crippen molar-refractivity contribution in [1.82, 2.24) is 14.7 Å². The van der Waals surface area contributed by atoms with Crippen molar-refractivity contribution in [2.45, 2.75) is 58.7 Å². The Morgan fingerprint density at radius 2 is 2.00 bits per heavy atom. The van der Waals surface area contributed by atoms with E-state index in [1.54, 1.807) is 0 Å². The molecule has 0 saturated carbocycles. The zero-order valence-electron chi connectivity index (χ0n) is 12.5. The molecule has 0 spiro atoms. The van der Waals surface area contributed by atoms with Crippen LogP contribution >= 0.6 is 0 Å². The third kappa shape index (κ3) is 2.27. The highest BCUT2D eigenvalue weighted by Gasteiger charge is 2.38. The summed E-state index contributed by atoms with van der Waals surface area (Å²) in [6.45, 7) is 8.13. The Labute approximate surface area is 114 Å². The lowest BCUT2D eigenvalue weighted by atomic mass is 9.88. The number of nitrogens with zero attached hydrogens (tertiary/aromatic N) is 3. The molecular formula is C14H24N4O. The first-order chi connectivity index (χ1) is 8.84. The Morgan fingerprint density at radius 1 is 1.37 bits per heavy atom. The maximum Gasteiger partial charge on any atom is 0.223 e. The lowest BCUT2D eigenvalue weighted by Gasteiger charge is -2.42. The van der Waals surface area contributed by atoms with Crippen LogP contribution in [-0.2, 0) is 11.8 Å². The van der Waals surface area contributed by atoms with Gasteiger partial charge in [-0.05, 0) is 34.1 Å². The minimum atomic E-state index is -0.0463. The summed E-state index contributed by atoms with van der Waals surface area (Å²) in [6.07, 6.45) is 1.30. The van der Waals surface area contributed by atoms with Gasteiger partial charge >= 0.3 is 0 Å². The third-order valence-electron chi connectivity index (χ3n) is 4.10. The van der Waals surface area contributed by atoms with E-state index in [0.717, 1.165) is 23.4 Å². The van der Waals surface area contributed by atoms with Crippen molar-refractivity contribution in [3.63, 3.8) is 0 Å². The van der Waals surface area contributed by atoms with Crippen LogP contribution in [-0.4, -0.2) is 32.7 Å². The average Bonchev–Trinajstić information content (AvgIpc) is 2.56. The third-order valence-corrected chi connectivity index (χ3v) is 4.10. The predicted molar refractivity (Wildman–Crippen MR) is 74.6 cm³/mol. The molecule has 2 atom stereocenters. The number of likely N-dealkylation sites (tertiary alicyclic amines) is 1. The summed E-state index contributed by atoms with van der Waals surface area (Å²) < 4.78 is 1.87. The number of carbonyl (C=O) groups is 1. The maximum absolute atomic E-state index is 12.2. The lowest BCUT2D eigenvalue weighted by molar-refractivity contribution is -0.139. The van der Waals surface area contributed by atoms with Gasteiger partial charge in [-0.15, -0.1) is 0 Å². The van der Waals surface area contributed by atoms with Crippen molar-refractivity contribution in [1.29, 1.82) is 0 Å². The van der Waals surface area contributed by atoms with Gasteiger partial charge in [0.1, 0.15) is 0 Å². The molecule has 106 valence electrons. The van der Waals surface area contributed by atoms with Crippen LogP contribution in [0, 0.1) is 13.8 Å². The van der Waals surface area contributed by atoms with Gasteiger partial charge in [-0.25, -0.2) is 0 Å². The van der Waals surface area contributed by atoms with E-state index < -0.39 is 0 Å². The molecule has 1 amide bonds. The highest BCUT2D eigenvalue weighted by Crippen LogP contribution is 2.35. The van der Waals surface area contributed by atoms with Gasteiger partial charge < -0.3 is 10.6 Å². The van der Waals surface area contributed by atoms with Crippen molar-refractivity contribution in [2.24, 2.45) is 12.8 Å². The number of aryl methyl sites for hydroxylation is 2. The van der Waals surface area contributed by atoms with Crippen molar-refractivity contribution < 1.29 is 4.79 Å². The van der Waals surface area contributed by atoms with Crippen LogP contribution in [0.15, 0.2) is 0 Å². The second kappa shape index (κ2) is 4.96. The summed E-state index contributed by atoms with van der Waals surface area (Å²) in [7, 11) is 1.93. The molecule has 1 aliphatic heterocycles. The number of aromatic nitrogens is 2. The molecule has 5 nitrogen and oxygen atoms in total. The van der Waals surface area contributed by atoms with Gasteiger partial charge in [-0.3, -0.25) is 9.48 Å². The molecule has 1 saturated heterocycles. The van der Waals surface area contributed by atoms with Crippen molar-refractivity contribution in [2.75, 3.05) is 0 Å². The highest BCUT2D eigenvalue weighted by molar-refractivity contribution is 5.78. The summed E-state index contributed by atoms with van der Waals surface area (Å²) in [6, 6.07) is 0.0968. The highest BCUT2D eigenvalue weighted by atomic mass is 16.2. The number of hydrogen-bond acceptors (Lipinski definition) is 3. The molecule has 0 bridgehead atoms. The molecule has 1 aromatic rings. The van der Waals surface area contributed by atoms with E-state index in [4.69, 9.17) is 5.73 Å². The Bertz CT molecular complexity index is 492. The van der Waals surface area contributed by atoms with Crippen LogP contribution in [0.2, 0.25) is 0 Å². The monoisotopic (exact) mass is 264 g/mol. The van der Waals surface area contributed by atoms with Gasteiger partial charge in [0.25, 0.3) is 0 Å². The van der Waals surface area contributed by atoms with Crippen molar-refractivity contribution in [3.05, 3.63) is 17.0 Å². The van der Waals surface area contributed by atoms with Crippen LogP contribution in [0.4, 0.5) is 0 Å². The average molecular weight is 264 g/mol. The Balaban J connectivity index is 2.51. The van der Waals surface area contributed by atoms with Crippen molar-refractivity contribution >= 4 is 5.91 Å². The van der Waals surface area contributed by atoms with Crippen LogP contribution in [0.25, 0.3) is 0 Å². The van der Waals surface area contributed by atoms with E-state index in [2.05, 4.69) is 5.10 Å². The zero-order chi connectivity index (χ0) is 14.3. The first kappa shape index (κ1) is 14.1. The Kier molecular flexibility index (Phi) is 3.67. The predicted octanol–water partition coefficient (Wildman–Crippen LogP) is 1.44. The van der Waals surface area contributed by atoms with Crippen LogP contribution in [0.3, 0.4) is 0 Å². The van der Waals surface area contributed by atoms with E-state index in [1.165, 1.54) is 0 Å². The molecule has 1 aromatic heterocycles. The van der Waals surface area contributed by atoms with E-state index in [1.807, 2.05) is 44.3 Å². The first-order valence-corrected chi connectivity index (χ1v) is 6.91. The van der Waals surface area contributed by atoms with Gasteiger partial charge in [-0.1, -0.05) is 0 Å². The largest absolute Gasteiger partial charge is 0.332 e. The fraction of sp³-hybridized carbons (Fsp3) is 0.714. The normalized spacial score (nSPS) is 24.4. The van der Waals surface area contributed by atoms with Gasteiger partial charge in [0.2, 0.25) is 5.91 Å². The van der Waals surface area contributed by atoms with Gasteiger partial charge in [0, 0.05) is 36.8 Å². The lowest BCUT2D eigenvalue weighted by Crippen LogP contribution is -2.51. The summed E-state index contributed by atoms with van der Waals surface area (Å²) >= 11 is 0. The summed E-state index contributed by atoms with van der Waals surface area (Å²) in [5, 5.41) is 4.46. The van der Waals surface area contributed by atoms with E-state index in [9.17, 15) is 4.79 Å². The summed E-state index contributed by atoms with van der Waals surface area (Å²) in [5.41, 5.74) is 9.51. The number of amides is 1. The number of carbonyl (C=O) groups excluding carboxylic acids is 1. The fourth-order valence-electron chi connectivity index (χ4n) is 3.12. The number of nitrogens with two attached hydrogens (primary N) is 1. The van der Waals surface area contributed by atoms with E-state index in [0.29, 0.717) is 6.42 Å². The second-order valence-electron chi connectivity index (χ2n) is 5.75. The van der Waals surface area contributed by atoms with Crippen LogP contribution in [0.1, 0.15) is 49.7 Å². The minimum absolute atomic E-state index is 0.0123. The molecule has 0 aliphatic carbocycles. The molecule has 0 radical (unpaired) electrons. The van der Waals surface area contributed by atoms with Gasteiger partial charge in [0.05, 0.1) is 11.7 Å². The second-order valence-corrected chi connectivity index (χ2v) is 5.75. The van der Waals surface area contributed by atoms with Gasteiger partial charge in [-0.2, -0.15) is 5.10 Å². The SMILES string of the molecule is Cc1nn(C)c(C)c1C1C(N)CCC(=O)N1C(C)C. The van der Waals surface area contributed by atoms with Crippen LogP contribution < -0.4 is 5.73 Å². The topological polar surface area (TPSA) is 64.2 Å². The standard InChI is InChI=1S/C14H24N4O/c1-8(2)18-12(19)7-6-11(15)14(18)13-9(3)16-17(5)10(13)4/h8,11,14H,6-7,15H2,1-5H3. The molecule has 2 rings (SSSR count). The molecule has 1 fully saturated rings. The first-order valence-electron chi connectivity index (χ1n) is 6.91. The number of rotatable bonds is 2. The van der Waals surface area contributed by atoms with Crippen molar-refractivity contribution in [3.8, 4) is 0 Å². The Hall–Kier alpha value is -1.36. The molecule has 5 heteroatoms.